The van der Waals surface area contributed by atoms with Crippen molar-refractivity contribution in [3.8, 4) is 0 Å². The maximum Gasteiger partial charge on any atom is 0.136 e. The first kappa shape index (κ1) is 15.0. The lowest BCUT2D eigenvalue weighted by Gasteiger charge is -2.12. The van der Waals surface area contributed by atoms with Crippen molar-refractivity contribution in [2.24, 2.45) is 0 Å². The predicted octanol–water partition coefficient (Wildman–Crippen LogP) is 4.23. The Morgan fingerprint density at radius 2 is 1.75 bits per heavy atom. The number of benzene rings is 2. The van der Waals surface area contributed by atoms with E-state index < -0.39 is 0 Å². The van der Waals surface area contributed by atoms with Crippen molar-refractivity contribution < 1.29 is 0 Å². The zero-order chi connectivity index (χ0) is 16.5. The van der Waals surface area contributed by atoms with E-state index in [1.165, 1.54) is 16.2 Å². The number of pyridine rings is 1. The average molecular weight is 318 g/mol. The van der Waals surface area contributed by atoms with Crippen LogP contribution in [0.1, 0.15) is 6.42 Å². The molecule has 0 aliphatic heterocycles. The molecule has 0 atom stereocenters. The van der Waals surface area contributed by atoms with Crippen molar-refractivity contribution in [2.75, 3.05) is 32.5 Å². The molecule has 0 saturated heterocycles. The number of para-hydroxylation sites is 2. The second-order valence-electron chi connectivity index (χ2n) is 6.48. The van der Waals surface area contributed by atoms with Crippen molar-refractivity contribution in [2.45, 2.75) is 6.42 Å². The van der Waals surface area contributed by atoms with Crippen LogP contribution in [0.4, 0.5) is 5.82 Å². The first-order chi connectivity index (χ1) is 11.7. The Kier molecular flexibility index (Phi) is 3.82. The first-order valence-electron chi connectivity index (χ1n) is 8.42. The van der Waals surface area contributed by atoms with E-state index in [1.54, 1.807) is 0 Å². The maximum atomic E-state index is 4.90. The van der Waals surface area contributed by atoms with Crippen LogP contribution in [0.25, 0.3) is 32.7 Å². The number of rotatable bonds is 5. The second-order valence-corrected chi connectivity index (χ2v) is 6.48. The fourth-order valence-corrected chi connectivity index (χ4v) is 3.28. The number of aromatic amines is 1. The molecule has 24 heavy (non-hydrogen) atoms. The molecule has 0 fully saturated rings. The van der Waals surface area contributed by atoms with E-state index in [4.69, 9.17) is 4.98 Å². The van der Waals surface area contributed by atoms with Gasteiger partial charge in [-0.15, -0.1) is 0 Å². The maximum absolute atomic E-state index is 4.90. The number of nitrogens with one attached hydrogen (secondary N) is 2. The molecule has 2 aromatic heterocycles. The first-order valence-corrected chi connectivity index (χ1v) is 8.42. The molecule has 0 aliphatic carbocycles. The smallest absolute Gasteiger partial charge is 0.136 e. The molecule has 2 aromatic carbocycles. The molecule has 4 heteroatoms. The van der Waals surface area contributed by atoms with E-state index >= 15 is 0 Å². The molecule has 0 radical (unpaired) electrons. The predicted molar refractivity (Wildman–Crippen MR) is 103 cm³/mol. The van der Waals surface area contributed by atoms with E-state index in [0.29, 0.717) is 0 Å². The SMILES string of the molecule is CN(C)CCCNc1nc2ccccc2c2[nH]c3ccccc3c12. The van der Waals surface area contributed by atoms with Crippen LogP contribution < -0.4 is 5.32 Å². The highest BCUT2D eigenvalue weighted by Crippen LogP contribution is 2.34. The third kappa shape index (κ3) is 2.59. The Labute approximate surface area is 141 Å². The number of H-pyrrole nitrogens is 1. The van der Waals surface area contributed by atoms with Crippen LogP contribution in [-0.2, 0) is 0 Å². The van der Waals surface area contributed by atoms with Gasteiger partial charge in [-0.05, 0) is 39.2 Å². The third-order valence-electron chi connectivity index (χ3n) is 4.42. The van der Waals surface area contributed by atoms with E-state index in [2.05, 4.69) is 71.8 Å². The van der Waals surface area contributed by atoms with Gasteiger partial charge in [-0.3, -0.25) is 0 Å². The molecule has 4 aromatic rings. The van der Waals surface area contributed by atoms with Gasteiger partial charge >= 0.3 is 0 Å². The molecule has 4 nitrogen and oxygen atoms in total. The van der Waals surface area contributed by atoms with Crippen LogP contribution in [0, 0.1) is 0 Å². The van der Waals surface area contributed by atoms with Crippen molar-refractivity contribution >= 4 is 38.5 Å². The fraction of sp³-hybridized carbons (Fsp3) is 0.250. The minimum Gasteiger partial charge on any atom is -0.369 e. The molecule has 4 rings (SSSR count). The number of hydrogen-bond acceptors (Lipinski definition) is 3. The summed E-state index contributed by atoms with van der Waals surface area (Å²) in [4.78, 5) is 10.7. The molecule has 0 unspecified atom stereocenters. The summed E-state index contributed by atoms with van der Waals surface area (Å²) in [6.45, 7) is 1.98. The topological polar surface area (TPSA) is 44.0 Å². The number of hydrogen-bond donors (Lipinski definition) is 2. The van der Waals surface area contributed by atoms with Gasteiger partial charge in [-0.25, -0.2) is 4.98 Å². The standard InChI is InChI=1S/C20H22N4/c1-24(2)13-7-12-21-20-18-14-8-3-5-10-16(14)22-19(18)15-9-4-6-11-17(15)23-20/h3-6,8-11,22H,7,12-13H2,1-2H3,(H,21,23). The largest absolute Gasteiger partial charge is 0.369 e. The van der Waals surface area contributed by atoms with Gasteiger partial charge in [0.15, 0.2) is 0 Å². The summed E-state index contributed by atoms with van der Waals surface area (Å²) < 4.78 is 0. The van der Waals surface area contributed by atoms with Gasteiger partial charge in [0.2, 0.25) is 0 Å². The number of anilines is 1. The lowest BCUT2D eigenvalue weighted by Crippen LogP contribution is -2.16. The van der Waals surface area contributed by atoms with E-state index in [9.17, 15) is 0 Å². The van der Waals surface area contributed by atoms with E-state index in [1.807, 2.05) is 6.07 Å². The Balaban J connectivity index is 1.86. The summed E-state index contributed by atoms with van der Waals surface area (Å²) in [5, 5.41) is 7.14. The van der Waals surface area contributed by atoms with Gasteiger partial charge in [0.1, 0.15) is 5.82 Å². The molecule has 0 bridgehead atoms. The van der Waals surface area contributed by atoms with Gasteiger partial charge in [0.05, 0.1) is 16.4 Å². The van der Waals surface area contributed by atoms with Gasteiger partial charge in [0, 0.05) is 22.8 Å². The summed E-state index contributed by atoms with van der Waals surface area (Å²) in [6.07, 6.45) is 1.09. The molecule has 0 aliphatic rings. The average Bonchev–Trinajstić information content (AvgIpc) is 2.98. The zero-order valence-corrected chi connectivity index (χ0v) is 14.1. The van der Waals surface area contributed by atoms with Crippen molar-refractivity contribution in [1.82, 2.24) is 14.9 Å². The van der Waals surface area contributed by atoms with Gasteiger partial charge in [0.25, 0.3) is 0 Å². The van der Waals surface area contributed by atoms with Crippen LogP contribution in [0.3, 0.4) is 0 Å². The van der Waals surface area contributed by atoms with Gasteiger partial charge < -0.3 is 15.2 Å². The minimum absolute atomic E-state index is 0.915. The van der Waals surface area contributed by atoms with Gasteiger partial charge in [-0.2, -0.15) is 0 Å². The van der Waals surface area contributed by atoms with Gasteiger partial charge in [-0.1, -0.05) is 36.4 Å². The molecule has 0 amide bonds. The molecular formula is C20H22N4. The molecule has 0 spiro atoms. The summed E-state index contributed by atoms with van der Waals surface area (Å²) in [7, 11) is 4.21. The zero-order valence-electron chi connectivity index (χ0n) is 14.1. The van der Waals surface area contributed by atoms with Crippen molar-refractivity contribution in [1.29, 1.82) is 0 Å². The Bertz CT molecular complexity index is 1000. The van der Waals surface area contributed by atoms with E-state index in [-0.39, 0.29) is 0 Å². The second kappa shape index (κ2) is 6.13. The number of aromatic nitrogens is 2. The van der Waals surface area contributed by atoms with E-state index in [0.717, 1.165) is 41.9 Å². The van der Waals surface area contributed by atoms with Crippen LogP contribution in [-0.4, -0.2) is 42.1 Å². The third-order valence-corrected chi connectivity index (χ3v) is 4.42. The Hall–Kier alpha value is -2.59. The lowest BCUT2D eigenvalue weighted by atomic mass is 10.1. The fourth-order valence-electron chi connectivity index (χ4n) is 3.28. The number of fused-ring (bicyclic) bond motifs is 5. The van der Waals surface area contributed by atoms with Crippen LogP contribution in [0.15, 0.2) is 48.5 Å². The molecular weight excluding hydrogens is 296 g/mol. The van der Waals surface area contributed by atoms with Crippen LogP contribution >= 0.6 is 0 Å². The Morgan fingerprint density at radius 3 is 2.58 bits per heavy atom. The van der Waals surface area contributed by atoms with Crippen LogP contribution in [0.2, 0.25) is 0 Å². The molecule has 0 saturated carbocycles. The molecule has 2 heterocycles. The normalized spacial score (nSPS) is 11.8. The highest BCUT2D eigenvalue weighted by Gasteiger charge is 2.13. The number of nitrogens with zero attached hydrogens (tertiary/aromatic N) is 2. The summed E-state index contributed by atoms with van der Waals surface area (Å²) >= 11 is 0. The lowest BCUT2D eigenvalue weighted by molar-refractivity contribution is 0.405. The summed E-state index contributed by atoms with van der Waals surface area (Å²) in [5.41, 5.74) is 3.34. The highest BCUT2D eigenvalue weighted by atomic mass is 15.1. The minimum atomic E-state index is 0.915. The molecule has 122 valence electrons. The quantitative estimate of drug-likeness (QED) is 0.541. The van der Waals surface area contributed by atoms with Crippen molar-refractivity contribution in [3.05, 3.63) is 48.5 Å². The highest BCUT2D eigenvalue weighted by molar-refractivity contribution is 6.20. The molecule has 2 N–H and O–H groups in total. The van der Waals surface area contributed by atoms with Crippen molar-refractivity contribution in [3.63, 3.8) is 0 Å². The Morgan fingerprint density at radius 1 is 1.00 bits per heavy atom. The summed E-state index contributed by atoms with van der Waals surface area (Å²) in [5.74, 6) is 0.972. The monoisotopic (exact) mass is 318 g/mol. The summed E-state index contributed by atoms with van der Waals surface area (Å²) in [6, 6.07) is 16.8. The van der Waals surface area contributed by atoms with Crippen LogP contribution in [0.5, 0.6) is 0 Å².